The summed E-state index contributed by atoms with van der Waals surface area (Å²) < 4.78 is 1.15. The van der Waals surface area contributed by atoms with E-state index in [1.807, 2.05) is 0 Å². The Bertz CT molecular complexity index is 734. The lowest BCUT2D eigenvalue weighted by molar-refractivity contribution is 0.753. The van der Waals surface area contributed by atoms with E-state index < -0.39 is 0 Å². The molecule has 118 valence electrons. The number of aryl methyl sites for hydroxylation is 1. The first-order valence-corrected chi connectivity index (χ1v) is 9.03. The summed E-state index contributed by atoms with van der Waals surface area (Å²) in [5.74, 6) is 0.344. The van der Waals surface area contributed by atoms with Gasteiger partial charge in [0, 0.05) is 21.7 Å². The third-order valence-electron chi connectivity index (χ3n) is 4.50. The SMILES string of the molecule is C=C1CCCc2ccccc2/C1=N/C(=C\C)C1C=CC(Br)=CC1. The molecule has 0 amide bonds. The molecule has 1 unspecified atom stereocenters. The van der Waals surface area contributed by atoms with E-state index in [1.54, 1.807) is 0 Å². The third kappa shape index (κ3) is 3.64. The minimum absolute atomic E-state index is 0.344. The minimum Gasteiger partial charge on any atom is -0.252 e. The fourth-order valence-electron chi connectivity index (χ4n) is 3.21. The lowest BCUT2D eigenvalue weighted by Crippen LogP contribution is -2.09. The second-order valence-electron chi connectivity index (χ2n) is 6.08. The van der Waals surface area contributed by atoms with Crippen molar-refractivity contribution in [2.75, 3.05) is 0 Å². The molecule has 0 aliphatic heterocycles. The second-order valence-corrected chi connectivity index (χ2v) is 6.99. The van der Waals surface area contributed by atoms with Gasteiger partial charge in [0.05, 0.1) is 5.71 Å². The molecule has 0 N–H and O–H groups in total. The zero-order valence-electron chi connectivity index (χ0n) is 13.6. The van der Waals surface area contributed by atoms with Crippen molar-refractivity contribution in [1.82, 2.24) is 0 Å². The number of aliphatic imine (C=N–C) groups is 1. The molecule has 0 saturated heterocycles. The van der Waals surface area contributed by atoms with Gasteiger partial charge in [-0.05, 0) is 43.7 Å². The van der Waals surface area contributed by atoms with Crippen LogP contribution < -0.4 is 0 Å². The van der Waals surface area contributed by atoms with Crippen molar-refractivity contribution in [3.63, 3.8) is 0 Å². The molecule has 0 radical (unpaired) electrons. The van der Waals surface area contributed by atoms with Gasteiger partial charge in [0.1, 0.15) is 0 Å². The largest absolute Gasteiger partial charge is 0.252 e. The van der Waals surface area contributed by atoms with E-state index in [-0.39, 0.29) is 0 Å². The van der Waals surface area contributed by atoms with Gasteiger partial charge in [-0.3, -0.25) is 4.99 Å². The Balaban J connectivity index is 1.99. The summed E-state index contributed by atoms with van der Waals surface area (Å²) in [7, 11) is 0. The van der Waals surface area contributed by atoms with E-state index in [0.717, 1.165) is 47.1 Å². The fraction of sp³-hybridized carbons (Fsp3) is 0.286. The average molecular weight is 368 g/mol. The number of hydrogen-bond donors (Lipinski definition) is 0. The zero-order chi connectivity index (χ0) is 16.2. The molecule has 1 nitrogen and oxygen atoms in total. The maximum atomic E-state index is 5.07. The van der Waals surface area contributed by atoms with Crippen LogP contribution in [0.1, 0.15) is 37.3 Å². The molecule has 2 heteroatoms. The maximum absolute atomic E-state index is 5.07. The van der Waals surface area contributed by atoms with Crippen molar-refractivity contribution in [1.29, 1.82) is 0 Å². The Morgan fingerprint density at radius 2 is 2.13 bits per heavy atom. The summed E-state index contributed by atoms with van der Waals surface area (Å²) in [6.07, 6.45) is 13.0. The Morgan fingerprint density at radius 3 is 2.87 bits per heavy atom. The van der Waals surface area contributed by atoms with Gasteiger partial charge in [-0.25, -0.2) is 0 Å². The summed E-state index contributed by atoms with van der Waals surface area (Å²) >= 11 is 3.53. The first-order chi connectivity index (χ1) is 11.2. The Morgan fingerprint density at radius 1 is 1.30 bits per heavy atom. The molecule has 3 rings (SSSR count). The molecule has 2 aliphatic rings. The molecule has 2 aliphatic carbocycles. The lowest BCUT2D eigenvalue weighted by Gasteiger charge is -2.17. The Hall–Kier alpha value is -1.67. The number of nitrogens with zero attached hydrogens (tertiary/aromatic N) is 1. The highest BCUT2D eigenvalue weighted by molar-refractivity contribution is 9.11. The van der Waals surface area contributed by atoms with Crippen LogP contribution in [0.2, 0.25) is 0 Å². The van der Waals surface area contributed by atoms with Gasteiger partial charge in [0.25, 0.3) is 0 Å². The highest BCUT2D eigenvalue weighted by Gasteiger charge is 2.19. The van der Waals surface area contributed by atoms with E-state index in [4.69, 9.17) is 4.99 Å². The minimum atomic E-state index is 0.344. The van der Waals surface area contributed by atoms with E-state index in [2.05, 4.69) is 78.0 Å². The normalized spacial score (nSPS) is 23.5. The summed E-state index contributed by atoms with van der Waals surface area (Å²) in [6.45, 7) is 6.38. The van der Waals surface area contributed by atoms with Crippen molar-refractivity contribution in [3.8, 4) is 0 Å². The quantitative estimate of drug-likeness (QED) is 0.557. The molecule has 0 heterocycles. The number of halogens is 1. The van der Waals surface area contributed by atoms with E-state index in [1.165, 1.54) is 11.1 Å². The number of rotatable bonds is 2. The molecule has 0 fully saturated rings. The predicted octanol–water partition coefficient (Wildman–Crippen LogP) is 6.13. The molecule has 0 spiro atoms. The van der Waals surface area contributed by atoms with Gasteiger partial charge in [-0.15, -0.1) is 0 Å². The first kappa shape index (κ1) is 16.2. The standard InChI is InChI=1S/C21H22BrN/c1-3-20(17-11-13-18(22)14-12-17)23-21-15(2)7-6-9-16-8-4-5-10-19(16)21/h3-5,8,10-11,13-14,17H,2,6-7,9,12H2,1H3/b20-3-,23-21+. The van der Waals surface area contributed by atoms with Crippen LogP contribution in [-0.2, 0) is 6.42 Å². The fourth-order valence-corrected chi connectivity index (χ4v) is 3.55. The van der Waals surface area contributed by atoms with Crippen molar-refractivity contribution < 1.29 is 0 Å². The Labute approximate surface area is 147 Å². The highest BCUT2D eigenvalue weighted by atomic mass is 79.9. The smallest absolute Gasteiger partial charge is 0.0734 e. The van der Waals surface area contributed by atoms with Gasteiger partial charge < -0.3 is 0 Å². The van der Waals surface area contributed by atoms with Crippen molar-refractivity contribution in [3.05, 3.63) is 82.0 Å². The Kier molecular flexibility index (Phi) is 5.12. The molecule has 1 aromatic carbocycles. The van der Waals surface area contributed by atoms with Crippen molar-refractivity contribution >= 4 is 21.6 Å². The molecular formula is C21H22BrN. The van der Waals surface area contributed by atoms with Crippen LogP contribution >= 0.6 is 15.9 Å². The van der Waals surface area contributed by atoms with E-state index in [0.29, 0.717) is 5.92 Å². The van der Waals surface area contributed by atoms with Crippen LogP contribution in [0.3, 0.4) is 0 Å². The predicted molar refractivity (Wildman–Crippen MR) is 103 cm³/mol. The maximum Gasteiger partial charge on any atom is 0.0734 e. The summed E-state index contributed by atoms with van der Waals surface area (Å²) in [5, 5.41) is 0. The number of fused-ring (bicyclic) bond motifs is 1. The lowest BCUT2D eigenvalue weighted by atomic mass is 9.95. The van der Waals surface area contributed by atoms with E-state index in [9.17, 15) is 0 Å². The molecule has 1 atom stereocenters. The topological polar surface area (TPSA) is 12.4 Å². The average Bonchev–Trinajstić information content (AvgIpc) is 2.72. The highest BCUT2D eigenvalue weighted by Crippen LogP contribution is 2.30. The molecule has 0 bridgehead atoms. The van der Waals surface area contributed by atoms with Crippen LogP contribution in [-0.4, -0.2) is 5.71 Å². The molecule has 0 saturated carbocycles. The van der Waals surface area contributed by atoms with Crippen molar-refractivity contribution in [2.45, 2.75) is 32.6 Å². The van der Waals surface area contributed by atoms with Crippen LogP contribution in [0.25, 0.3) is 0 Å². The van der Waals surface area contributed by atoms with Crippen LogP contribution in [0.15, 0.2) is 75.9 Å². The van der Waals surface area contributed by atoms with Gasteiger partial charge >= 0.3 is 0 Å². The van der Waals surface area contributed by atoms with Crippen LogP contribution in [0, 0.1) is 5.92 Å². The monoisotopic (exact) mass is 367 g/mol. The summed E-state index contributed by atoms with van der Waals surface area (Å²) in [6, 6.07) is 8.63. The second kappa shape index (κ2) is 7.27. The van der Waals surface area contributed by atoms with Gasteiger partial charge in [0.15, 0.2) is 0 Å². The van der Waals surface area contributed by atoms with E-state index >= 15 is 0 Å². The third-order valence-corrected chi connectivity index (χ3v) is 5.09. The summed E-state index contributed by atoms with van der Waals surface area (Å²) in [5.41, 5.74) is 6.01. The zero-order valence-corrected chi connectivity index (χ0v) is 15.1. The number of allylic oxidation sites excluding steroid dienone is 6. The molecule has 23 heavy (non-hydrogen) atoms. The summed E-state index contributed by atoms with van der Waals surface area (Å²) in [4.78, 5) is 5.07. The molecule has 1 aromatic rings. The van der Waals surface area contributed by atoms with Gasteiger partial charge in [-0.1, -0.05) is 71.1 Å². The van der Waals surface area contributed by atoms with Crippen molar-refractivity contribution in [2.24, 2.45) is 10.9 Å². The molecule has 0 aromatic heterocycles. The number of benzene rings is 1. The van der Waals surface area contributed by atoms with Gasteiger partial charge in [0.2, 0.25) is 0 Å². The number of hydrogen-bond acceptors (Lipinski definition) is 1. The van der Waals surface area contributed by atoms with Crippen LogP contribution in [0.5, 0.6) is 0 Å². The van der Waals surface area contributed by atoms with Crippen LogP contribution in [0.4, 0.5) is 0 Å². The molecular weight excluding hydrogens is 346 g/mol. The van der Waals surface area contributed by atoms with Gasteiger partial charge in [-0.2, -0.15) is 0 Å². The first-order valence-electron chi connectivity index (χ1n) is 8.24.